The van der Waals surface area contributed by atoms with Crippen LogP contribution in [0.4, 0.5) is 10.2 Å². The minimum atomic E-state index is -0.315. The molecular formula is C20H18FN3O2. The van der Waals surface area contributed by atoms with Crippen LogP contribution in [0.3, 0.4) is 0 Å². The van der Waals surface area contributed by atoms with Gasteiger partial charge in [0.25, 0.3) is 0 Å². The number of anilines is 1. The summed E-state index contributed by atoms with van der Waals surface area (Å²) in [6.45, 7) is 4.19. The molecule has 1 N–H and O–H groups in total. The maximum atomic E-state index is 13.3. The molecule has 0 fully saturated rings. The number of nitrogens with one attached hydrogen (secondary N) is 1. The molecule has 1 aliphatic carbocycles. The van der Waals surface area contributed by atoms with Crippen molar-refractivity contribution in [3.63, 3.8) is 0 Å². The molecule has 1 atom stereocenters. The lowest BCUT2D eigenvalue weighted by Crippen LogP contribution is -2.20. The van der Waals surface area contributed by atoms with E-state index in [2.05, 4.69) is 17.0 Å². The van der Waals surface area contributed by atoms with Crippen molar-refractivity contribution in [2.45, 2.75) is 18.8 Å². The maximum absolute atomic E-state index is 13.3. The van der Waals surface area contributed by atoms with E-state index in [1.807, 2.05) is 12.1 Å². The summed E-state index contributed by atoms with van der Waals surface area (Å²) in [5.74, 6) is 0.994. The molecule has 6 heteroatoms. The second-order valence-corrected chi connectivity index (χ2v) is 6.27. The van der Waals surface area contributed by atoms with E-state index in [1.54, 1.807) is 29.2 Å². The number of furan rings is 1. The molecule has 4 rings (SSSR count). The van der Waals surface area contributed by atoms with Crippen molar-refractivity contribution >= 4 is 11.6 Å². The summed E-state index contributed by atoms with van der Waals surface area (Å²) in [7, 11) is 0. The van der Waals surface area contributed by atoms with Crippen LogP contribution in [0.25, 0.3) is 5.69 Å². The molecule has 5 nitrogen and oxygen atoms in total. The van der Waals surface area contributed by atoms with Gasteiger partial charge in [0, 0.05) is 25.3 Å². The lowest BCUT2D eigenvalue weighted by Gasteiger charge is -2.21. The van der Waals surface area contributed by atoms with Crippen LogP contribution < -0.4 is 5.32 Å². The molecule has 1 aromatic carbocycles. The number of benzene rings is 1. The number of nitrogens with zero attached hydrogens (tertiary/aromatic N) is 2. The number of carbonyl (C=O) groups excluding carboxylic acids is 1. The zero-order valence-electron chi connectivity index (χ0n) is 14.1. The molecule has 2 aromatic heterocycles. The molecule has 2 heterocycles. The van der Waals surface area contributed by atoms with E-state index in [0.29, 0.717) is 36.5 Å². The molecule has 3 aromatic rings. The van der Waals surface area contributed by atoms with Crippen LogP contribution in [0.1, 0.15) is 34.2 Å². The van der Waals surface area contributed by atoms with E-state index in [9.17, 15) is 9.18 Å². The van der Waals surface area contributed by atoms with Crippen LogP contribution >= 0.6 is 0 Å². The molecule has 0 saturated heterocycles. The lowest BCUT2D eigenvalue weighted by molar-refractivity contribution is 0.0960. The molecular weight excluding hydrogens is 333 g/mol. The number of fused-ring (bicyclic) bond motifs is 1. The highest BCUT2D eigenvalue weighted by molar-refractivity contribution is 6.03. The molecule has 26 heavy (non-hydrogen) atoms. The molecule has 0 unspecified atom stereocenters. The largest absolute Gasteiger partial charge is 0.469 e. The number of hydrogen-bond acceptors (Lipinski definition) is 4. The third-order valence-electron chi connectivity index (χ3n) is 4.56. The van der Waals surface area contributed by atoms with Crippen LogP contribution in [0.5, 0.6) is 0 Å². The number of halogens is 1. The van der Waals surface area contributed by atoms with E-state index in [4.69, 9.17) is 4.42 Å². The SMILES string of the molecule is C=CCNc1nn(-c2ccc(F)cc2)c2c1C(=O)C[C@@H](c1ccco1)C2. The molecule has 1 aliphatic rings. The second kappa shape index (κ2) is 6.63. The summed E-state index contributed by atoms with van der Waals surface area (Å²) in [6.07, 6.45) is 4.32. The Hall–Kier alpha value is -3.15. The van der Waals surface area contributed by atoms with Crippen molar-refractivity contribution in [1.82, 2.24) is 9.78 Å². The van der Waals surface area contributed by atoms with Crippen LogP contribution in [-0.2, 0) is 6.42 Å². The molecule has 0 aliphatic heterocycles. The fraction of sp³-hybridized carbons (Fsp3) is 0.200. The third kappa shape index (κ3) is 2.83. The second-order valence-electron chi connectivity index (χ2n) is 6.27. The van der Waals surface area contributed by atoms with Gasteiger partial charge in [-0.1, -0.05) is 6.08 Å². The van der Waals surface area contributed by atoms with E-state index >= 15 is 0 Å². The molecule has 0 amide bonds. The van der Waals surface area contributed by atoms with Gasteiger partial charge >= 0.3 is 0 Å². The quantitative estimate of drug-likeness (QED) is 0.703. The topological polar surface area (TPSA) is 60.1 Å². The van der Waals surface area contributed by atoms with Crippen molar-refractivity contribution in [2.24, 2.45) is 0 Å². The molecule has 0 spiro atoms. The maximum Gasteiger partial charge on any atom is 0.169 e. The number of rotatable bonds is 5. The first-order valence-electron chi connectivity index (χ1n) is 8.46. The molecule has 0 radical (unpaired) electrons. The normalized spacial score (nSPS) is 16.3. The Balaban J connectivity index is 1.81. The predicted molar refractivity (Wildman–Crippen MR) is 96.3 cm³/mol. The average molecular weight is 351 g/mol. The summed E-state index contributed by atoms with van der Waals surface area (Å²) in [5, 5.41) is 7.71. The Morgan fingerprint density at radius 3 is 2.81 bits per heavy atom. The number of ketones is 1. The minimum Gasteiger partial charge on any atom is -0.469 e. The highest BCUT2D eigenvalue weighted by Crippen LogP contribution is 2.37. The summed E-state index contributed by atoms with van der Waals surface area (Å²) in [4.78, 5) is 12.9. The number of Topliss-reactive ketones (excluding diaryl/α,β-unsaturated/α-hetero) is 1. The smallest absolute Gasteiger partial charge is 0.169 e. The van der Waals surface area contributed by atoms with E-state index in [0.717, 1.165) is 11.5 Å². The van der Waals surface area contributed by atoms with Gasteiger partial charge in [0.2, 0.25) is 0 Å². The molecule has 0 bridgehead atoms. The van der Waals surface area contributed by atoms with Crippen molar-refractivity contribution in [1.29, 1.82) is 0 Å². The first kappa shape index (κ1) is 16.3. The fourth-order valence-electron chi connectivity index (χ4n) is 3.38. The summed E-state index contributed by atoms with van der Waals surface area (Å²) in [5.41, 5.74) is 2.11. The van der Waals surface area contributed by atoms with Gasteiger partial charge in [0.1, 0.15) is 11.6 Å². The van der Waals surface area contributed by atoms with Gasteiger partial charge < -0.3 is 9.73 Å². The standard InChI is InChI=1S/C20H18FN3O2/c1-2-9-22-20-19-16(24(23-20)15-7-5-14(21)6-8-15)11-13(12-17(19)25)18-4-3-10-26-18/h2-8,10,13H,1,9,11-12H2,(H,22,23)/t13-/m0/s1. The molecule has 132 valence electrons. The lowest BCUT2D eigenvalue weighted by atomic mass is 9.85. The third-order valence-corrected chi connectivity index (χ3v) is 4.56. The van der Waals surface area contributed by atoms with Gasteiger partial charge in [0.05, 0.1) is 23.2 Å². The first-order chi connectivity index (χ1) is 12.7. The Morgan fingerprint density at radius 1 is 1.31 bits per heavy atom. The monoisotopic (exact) mass is 351 g/mol. The van der Waals surface area contributed by atoms with Crippen LogP contribution in [0, 0.1) is 5.82 Å². The van der Waals surface area contributed by atoms with Gasteiger partial charge in [-0.3, -0.25) is 4.79 Å². The summed E-state index contributed by atoms with van der Waals surface area (Å²) < 4.78 is 20.5. The van der Waals surface area contributed by atoms with Crippen molar-refractivity contribution in [2.75, 3.05) is 11.9 Å². The fourth-order valence-corrected chi connectivity index (χ4v) is 3.38. The van der Waals surface area contributed by atoms with E-state index in [-0.39, 0.29) is 17.5 Å². The van der Waals surface area contributed by atoms with E-state index < -0.39 is 0 Å². The van der Waals surface area contributed by atoms with Gasteiger partial charge in [-0.2, -0.15) is 0 Å². The zero-order valence-corrected chi connectivity index (χ0v) is 14.1. The van der Waals surface area contributed by atoms with Crippen LogP contribution in [0.15, 0.2) is 59.7 Å². The Bertz CT molecular complexity index is 942. The van der Waals surface area contributed by atoms with Gasteiger partial charge in [-0.25, -0.2) is 9.07 Å². The van der Waals surface area contributed by atoms with E-state index in [1.165, 1.54) is 12.1 Å². The Kier molecular flexibility index (Phi) is 4.16. The highest BCUT2D eigenvalue weighted by atomic mass is 19.1. The van der Waals surface area contributed by atoms with Crippen molar-refractivity contribution < 1.29 is 13.6 Å². The zero-order chi connectivity index (χ0) is 18.1. The number of hydrogen-bond donors (Lipinski definition) is 1. The Labute approximate surface area is 150 Å². The predicted octanol–water partition coefficient (Wildman–Crippen LogP) is 4.12. The van der Waals surface area contributed by atoms with Crippen molar-refractivity contribution in [3.8, 4) is 5.69 Å². The first-order valence-corrected chi connectivity index (χ1v) is 8.46. The summed E-state index contributed by atoms with van der Waals surface area (Å²) in [6, 6.07) is 9.79. The van der Waals surface area contributed by atoms with Crippen LogP contribution in [0.2, 0.25) is 0 Å². The van der Waals surface area contributed by atoms with Crippen LogP contribution in [-0.4, -0.2) is 22.1 Å². The highest BCUT2D eigenvalue weighted by Gasteiger charge is 2.34. The molecule has 0 saturated carbocycles. The summed E-state index contributed by atoms with van der Waals surface area (Å²) >= 11 is 0. The van der Waals surface area contributed by atoms with Gasteiger partial charge in [0.15, 0.2) is 11.6 Å². The number of aromatic nitrogens is 2. The Morgan fingerprint density at radius 2 is 2.12 bits per heavy atom. The van der Waals surface area contributed by atoms with Gasteiger partial charge in [-0.15, -0.1) is 11.7 Å². The number of carbonyl (C=O) groups is 1. The van der Waals surface area contributed by atoms with Gasteiger partial charge in [-0.05, 0) is 36.4 Å². The minimum absolute atomic E-state index is 0.0209. The van der Waals surface area contributed by atoms with Crippen molar-refractivity contribution in [3.05, 3.63) is 78.2 Å². The average Bonchev–Trinajstić information content (AvgIpc) is 3.29.